The van der Waals surface area contributed by atoms with E-state index < -0.39 is 53.4 Å². The van der Waals surface area contributed by atoms with Crippen LogP contribution in [0.1, 0.15) is 54.4 Å². The number of hydrogen-bond acceptors (Lipinski definition) is 8. The van der Waals surface area contributed by atoms with Crippen LogP contribution in [0.2, 0.25) is 0 Å². The molecule has 3 atom stereocenters. The zero-order valence-electron chi connectivity index (χ0n) is 17.8. The fourth-order valence-electron chi connectivity index (χ4n) is 2.19. The highest BCUT2D eigenvalue weighted by atomic mass is 19.4. The predicted molar refractivity (Wildman–Crippen MR) is 97.7 cm³/mol. The summed E-state index contributed by atoms with van der Waals surface area (Å²) < 4.78 is 55.0. The highest BCUT2D eigenvalue weighted by molar-refractivity contribution is 5.79. The van der Waals surface area contributed by atoms with E-state index in [1.54, 1.807) is 20.8 Å². The Morgan fingerprint density at radius 1 is 0.931 bits per heavy atom. The second kappa shape index (κ2) is 10.2. The fraction of sp³-hybridized carbons (Fsp3) is 0.833. The molecule has 0 rings (SSSR count). The second-order valence-electron chi connectivity index (χ2n) is 8.45. The van der Waals surface area contributed by atoms with Gasteiger partial charge in [-0.25, -0.2) is 0 Å². The Bertz CT molecular complexity index is 582. The van der Waals surface area contributed by atoms with E-state index in [2.05, 4.69) is 4.74 Å². The van der Waals surface area contributed by atoms with Crippen LogP contribution in [-0.2, 0) is 28.6 Å². The normalized spacial score (nSPS) is 15.8. The number of carbonyl (C=O) groups excluding carboxylic acids is 3. The molecule has 0 aliphatic carbocycles. The molecule has 3 N–H and O–H groups in total. The van der Waals surface area contributed by atoms with Crippen molar-refractivity contribution < 1.29 is 41.8 Å². The van der Waals surface area contributed by atoms with E-state index in [9.17, 15) is 27.6 Å². The van der Waals surface area contributed by atoms with E-state index in [1.807, 2.05) is 5.32 Å². The number of nitrogens with one attached hydrogen (secondary N) is 1. The van der Waals surface area contributed by atoms with E-state index in [-0.39, 0.29) is 12.8 Å². The minimum atomic E-state index is -4.98. The Hall–Kier alpha value is -1.88. The maximum Gasteiger partial charge on any atom is 0.405 e. The molecule has 0 aromatic heterocycles. The highest BCUT2D eigenvalue weighted by Crippen LogP contribution is 2.25. The van der Waals surface area contributed by atoms with Gasteiger partial charge in [-0.1, -0.05) is 0 Å². The molecule has 0 amide bonds. The summed E-state index contributed by atoms with van der Waals surface area (Å²) in [5, 5.41) is 2.00. The topological polar surface area (TPSA) is 117 Å². The van der Waals surface area contributed by atoms with Gasteiger partial charge in [0.25, 0.3) is 0 Å². The molecule has 0 fully saturated rings. The monoisotopic (exact) mass is 428 g/mol. The summed E-state index contributed by atoms with van der Waals surface area (Å²) in [6, 6.07) is -6.28. The standard InChI is InChI=1S/C18H31F3N2O6/c1-16(2,3)28-11(24)9-8-10(14(25)27-7)23-13(18(19,20)21)12(22)15(26)29-17(4,5)6/h10,12-13,23H,8-9,22H2,1-7H3. The molecule has 0 aliphatic rings. The van der Waals surface area contributed by atoms with Crippen LogP contribution in [0, 0.1) is 0 Å². The minimum absolute atomic E-state index is 0.351. The third kappa shape index (κ3) is 11.0. The van der Waals surface area contributed by atoms with E-state index >= 15 is 0 Å². The maximum absolute atomic E-state index is 13.5. The van der Waals surface area contributed by atoms with E-state index in [4.69, 9.17) is 15.2 Å². The van der Waals surface area contributed by atoms with Gasteiger partial charge in [0.15, 0.2) is 0 Å². The molecule has 0 saturated carbocycles. The zero-order chi connectivity index (χ0) is 23.2. The van der Waals surface area contributed by atoms with Crippen LogP contribution in [0.25, 0.3) is 0 Å². The quantitative estimate of drug-likeness (QED) is 0.444. The van der Waals surface area contributed by atoms with Crippen molar-refractivity contribution in [2.45, 2.75) is 89.9 Å². The number of rotatable bonds is 8. The van der Waals surface area contributed by atoms with Crippen molar-refractivity contribution in [2.75, 3.05) is 7.11 Å². The summed E-state index contributed by atoms with van der Waals surface area (Å²) in [6.07, 6.45) is -5.68. The number of nitrogens with two attached hydrogens (primary N) is 1. The molecule has 0 spiro atoms. The SMILES string of the molecule is COC(=O)C(CCC(=O)OC(C)(C)C)NC(C(N)C(=O)OC(C)(C)C)C(F)(F)F. The molecular formula is C18H31F3N2O6. The third-order valence-corrected chi connectivity index (χ3v) is 3.31. The molecule has 11 heteroatoms. The molecule has 0 aromatic carbocycles. The van der Waals surface area contributed by atoms with Crippen LogP contribution in [0.5, 0.6) is 0 Å². The number of esters is 3. The number of ether oxygens (including phenoxy) is 3. The average Bonchev–Trinajstić information content (AvgIpc) is 2.49. The summed E-state index contributed by atoms with van der Waals surface area (Å²) >= 11 is 0. The van der Waals surface area contributed by atoms with E-state index in [0.29, 0.717) is 0 Å². The lowest BCUT2D eigenvalue weighted by Crippen LogP contribution is -2.62. The van der Waals surface area contributed by atoms with Crippen LogP contribution in [-0.4, -0.2) is 60.5 Å². The Morgan fingerprint density at radius 2 is 1.41 bits per heavy atom. The molecule has 3 unspecified atom stereocenters. The average molecular weight is 428 g/mol. The van der Waals surface area contributed by atoms with Gasteiger partial charge in [0.2, 0.25) is 0 Å². The first-order valence-electron chi connectivity index (χ1n) is 8.98. The molecule has 0 radical (unpaired) electrons. The maximum atomic E-state index is 13.5. The van der Waals surface area contributed by atoms with Crippen molar-refractivity contribution in [2.24, 2.45) is 5.73 Å². The minimum Gasteiger partial charge on any atom is -0.468 e. The molecule has 0 heterocycles. The van der Waals surface area contributed by atoms with Crippen molar-refractivity contribution in [3.05, 3.63) is 0 Å². The van der Waals surface area contributed by atoms with Gasteiger partial charge < -0.3 is 19.9 Å². The van der Waals surface area contributed by atoms with Crippen LogP contribution in [0.15, 0.2) is 0 Å². The third-order valence-electron chi connectivity index (χ3n) is 3.31. The Labute approximate surface area is 168 Å². The number of methoxy groups -OCH3 is 1. The van der Waals surface area contributed by atoms with Crippen molar-refractivity contribution in [1.82, 2.24) is 5.32 Å². The van der Waals surface area contributed by atoms with Crippen molar-refractivity contribution in [3.8, 4) is 0 Å². The van der Waals surface area contributed by atoms with Crippen LogP contribution >= 0.6 is 0 Å². The van der Waals surface area contributed by atoms with Crippen molar-refractivity contribution in [3.63, 3.8) is 0 Å². The fourth-order valence-corrected chi connectivity index (χ4v) is 2.19. The molecule has 8 nitrogen and oxygen atoms in total. The second-order valence-corrected chi connectivity index (χ2v) is 8.45. The molecular weight excluding hydrogens is 397 g/mol. The van der Waals surface area contributed by atoms with Gasteiger partial charge in [-0.3, -0.25) is 19.7 Å². The largest absolute Gasteiger partial charge is 0.468 e. The number of carbonyl (C=O) groups is 3. The Kier molecular flexibility index (Phi) is 9.58. The summed E-state index contributed by atoms with van der Waals surface area (Å²) in [6.45, 7) is 9.31. The first-order chi connectivity index (χ1) is 12.9. The summed E-state index contributed by atoms with van der Waals surface area (Å²) in [7, 11) is 0.987. The van der Waals surface area contributed by atoms with Crippen LogP contribution in [0.4, 0.5) is 13.2 Å². The lowest BCUT2D eigenvalue weighted by Gasteiger charge is -2.31. The molecule has 0 aromatic rings. The summed E-state index contributed by atoms with van der Waals surface area (Å²) in [5.74, 6) is -3.03. The van der Waals surface area contributed by atoms with Crippen LogP contribution in [0.3, 0.4) is 0 Å². The van der Waals surface area contributed by atoms with Gasteiger partial charge in [0.05, 0.1) is 7.11 Å². The van der Waals surface area contributed by atoms with E-state index in [0.717, 1.165) is 7.11 Å². The Balaban J connectivity index is 5.41. The first-order valence-corrected chi connectivity index (χ1v) is 8.98. The van der Waals surface area contributed by atoms with Gasteiger partial charge in [-0.2, -0.15) is 13.2 Å². The summed E-state index contributed by atoms with van der Waals surface area (Å²) in [4.78, 5) is 35.8. The highest BCUT2D eigenvalue weighted by Gasteiger charge is 2.49. The van der Waals surface area contributed by atoms with Gasteiger partial charge in [-0.15, -0.1) is 0 Å². The first kappa shape index (κ1) is 27.1. The summed E-state index contributed by atoms with van der Waals surface area (Å²) in [5.41, 5.74) is 3.64. The molecule has 29 heavy (non-hydrogen) atoms. The lowest BCUT2D eigenvalue weighted by atomic mass is 10.0. The smallest absolute Gasteiger partial charge is 0.405 e. The van der Waals surface area contributed by atoms with Gasteiger partial charge in [0, 0.05) is 6.42 Å². The molecule has 170 valence electrons. The molecule has 0 aliphatic heterocycles. The lowest BCUT2D eigenvalue weighted by molar-refractivity contribution is -0.182. The molecule has 0 saturated heterocycles. The zero-order valence-corrected chi connectivity index (χ0v) is 17.8. The van der Waals surface area contributed by atoms with E-state index in [1.165, 1.54) is 20.8 Å². The van der Waals surface area contributed by atoms with Gasteiger partial charge in [-0.05, 0) is 48.0 Å². The number of alkyl halides is 3. The van der Waals surface area contributed by atoms with Gasteiger partial charge >= 0.3 is 24.1 Å². The van der Waals surface area contributed by atoms with Gasteiger partial charge in [0.1, 0.15) is 29.3 Å². The number of hydrogen-bond donors (Lipinski definition) is 2. The molecule has 0 bridgehead atoms. The predicted octanol–water partition coefficient (Wildman–Crippen LogP) is 1.84. The van der Waals surface area contributed by atoms with Crippen LogP contribution < -0.4 is 11.1 Å². The Morgan fingerprint density at radius 3 is 1.79 bits per heavy atom. The van der Waals surface area contributed by atoms with Crippen molar-refractivity contribution >= 4 is 17.9 Å². The van der Waals surface area contributed by atoms with Crippen molar-refractivity contribution in [1.29, 1.82) is 0 Å². The number of halogens is 3.